The van der Waals surface area contributed by atoms with Crippen LogP contribution in [0.15, 0.2) is 30.5 Å². The van der Waals surface area contributed by atoms with E-state index in [-0.39, 0.29) is 11.9 Å². The van der Waals surface area contributed by atoms with Gasteiger partial charge in [-0.1, -0.05) is 0 Å². The van der Waals surface area contributed by atoms with E-state index in [2.05, 4.69) is 9.88 Å². The van der Waals surface area contributed by atoms with Gasteiger partial charge in [-0.3, -0.25) is 4.98 Å². The number of aromatic nitrogens is 1. The molecule has 0 unspecified atom stereocenters. The summed E-state index contributed by atoms with van der Waals surface area (Å²) >= 11 is 0. The first-order valence-electron chi connectivity index (χ1n) is 7.61. The number of halogens is 2. The molecule has 1 saturated heterocycles. The van der Waals surface area contributed by atoms with E-state index in [1.54, 1.807) is 6.20 Å². The molecule has 0 saturated carbocycles. The Hall–Kier alpha value is -2.37. The molecule has 0 aliphatic carbocycles. The number of aryl methyl sites for hydroxylation is 1. The molecule has 0 bridgehead atoms. The van der Waals surface area contributed by atoms with E-state index in [0.717, 1.165) is 43.4 Å². The molecule has 23 heavy (non-hydrogen) atoms. The summed E-state index contributed by atoms with van der Waals surface area (Å²) < 4.78 is 32.2. The van der Waals surface area contributed by atoms with Gasteiger partial charge < -0.3 is 15.4 Å². The Morgan fingerprint density at radius 1 is 1.22 bits per heavy atom. The summed E-state index contributed by atoms with van der Waals surface area (Å²) in [6.07, 6.45) is 3.08. The second kappa shape index (κ2) is 6.40. The molecule has 0 radical (unpaired) electrons. The Morgan fingerprint density at radius 2 is 1.96 bits per heavy atom. The molecule has 2 N–H and O–H groups in total. The summed E-state index contributed by atoms with van der Waals surface area (Å²) in [7, 11) is 0. The van der Waals surface area contributed by atoms with Gasteiger partial charge in [0.05, 0.1) is 17.6 Å². The van der Waals surface area contributed by atoms with Crippen LogP contribution in [0.25, 0.3) is 0 Å². The zero-order chi connectivity index (χ0) is 16.4. The van der Waals surface area contributed by atoms with Gasteiger partial charge in [0.15, 0.2) is 11.6 Å². The van der Waals surface area contributed by atoms with E-state index in [1.807, 2.05) is 13.0 Å². The molecular formula is C17H19F2N3O. The van der Waals surface area contributed by atoms with Gasteiger partial charge in [-0.15, -0.1) is 0 Å². The second-order valence-electron chi connectivity index (χ2n) is 5.76. The zero-order valence-corrected chi connectivity index (χ0v) is 12.9. The van der Waals surface area contributed by atoms with Gasteiger partial charge in [0, 0.05) is 37.7 Å². The lowest BCUT2D eigenvalue weighted by Gasteiger charge is -2.34. The molecule has 0 amide bonds. The van der Waals surface area contributed by atoms with Crippen molar-refractivity contribution in [3.8, 4) is 5.75 Å². The van der Waals surface area contributed by atoms with Crippen LogP contribution < -0.4 is 15.4 Å². The van der Waals surface area contributed by atoms with Crippen molar-refractivity contribution in [2.75, 3.05) is 23.7 Å². The minimum absolute atomic E-state index is 0.0876. The standard InChI is InChI=1S/C17H19F2N3O/c1-11-8-16(15(20)10-21-11)22-6-4-13(5-7-22)23-17-3-2-12(18)9-14(17)19/h2-3,8-10,13H,4-7,20H2,1H3. The Morgan fingerprint density at radius 3 is 2.65 bits per heavy atom. The van der Waals surface area contributed by atoms with Crippen LogP contribution in [0.5, 0.6) is 5.75 Å². The summed E-state index contributed by atoms with van der Waals surface area (Å²) in [4.78, 5) is 6.36. The number of ether oxygens (including phenoxy) is 1. The number of benzene rings is 1. The molecule has 4 nitrogen and oxygen atoms in total. The predicted octanol–water partition coefficient (Wildman–Crippen LogP) is 3.30. The maximum absolute atomic E-state index is 13.6. The molecule has 0 atom stereocenters. The first-order valence-corrected chi connectivity index (χ1v) is 7.61. The number of pyridine rings is 1. The van der Waals surface area contributed by atoms with Crippen LogP contribution in [0.1, 0.15) is 18.5 Å². The number of nitrogen functional groups attached to an aromatic ring is 1. The lowest BCUT2D eigenvalue weighted by molar-refractivity contribution is 0.163. The van der Waals surface area contributed by atoms with Crippen molar-refractivity contribution in [2.24, 2.45) is 0 Å². The Labute approximate surface area is 133 Å². The van der Waals surface area contributed by atoms with Crippen molar-refractivity contribution >= 4 is 11.4 Å². The van der Waals surface area contributed by atoms with Crippen molar-refractivity contribution in [3.05, 3.63) is 47.8 Å². The van der Waals surface area contributed by atoms with Gasteiger partial charge >= 0.3 is 0 Å². The summed E-state index contributed by atoms with van der Waals surface area (Å²) in [5, 5.41) is 0. The average Bonchev–Trinajstić information content (AvgIpc) is 2.53. The van der Waals surface area contributed by atoms with Crippen LogP contribution in [-0.4, -0.2) is 24.2 Å². The van der Waals surface area contributed by atoms with Crippen molar-refractivity contribution in [2.45, 2.75) is 25.9 Å². The largest absolute Gasteiger partial charge is 0.487 e. The number of hydrogen-bond donors (Lipinski definition) is 1. The van der Waals surface area contributed by atoms with Gasteiger partial charge in [0.25, 0.3) is 0 Å². The van der Waals surface area contributed by atoms with E-state index in [9.17, 15) is 8.78 Å². The smallest absolute Gasteiger partial charge is 0.167 e. The zero-order valence-electron chi connectivity index (χ0n) is 12.9. The Kier molecular flexibility index (Phi) is 4.32. The highest BCUT2D eigenvalue weighted by Gasteiger charge is 2.23. The number of nitrogens with zero attached hydrogens (tertiary/aromatic N) is 2. The van der Waals surface area contributed by atoms with Crippen molar-refractivity contribution < 1.29 is 13.5 Å². The molecule has 3 rings (SSSR count). The summed E-state index contributed by atoms with van der Waals surface area (Å²) in [5.41, 5.74) is 8.54. The highest BCUT2D eigenvalue weighted by molar-refractivity contribution is 5.67. The quantitative estimate of drug-likeness (QED) is 0.943. The van der Waals surface area contributed by atoms with Crippen molar-refractivity contribution in [1.29, 1.82) is 0 Å². The molecular weight excluding hydrogens is 300 g/mol. The molecule has 2 heterocycles. The average molecular weight is 319 g/mol. The predicted molar refractivity (Wildman–Crippen MR) is 85.6 cm³/mol. The van der Waals surface area contributed by atoms with Gasteiger partial charge in [0.2, 0.25) is 0 Å². The summed E-state index contributed by atoms with van der Waals surface area (Å²) in [5.74, 6) is -1.17. The lowest BCUT2D eigenvalue weighted by atomic mass is 10.1. The molecule has 1 aromatic carbocycles. The number of nitrogens with two attached hydrogens (primary N) is 1. The SMILES string of the molecule is Cc1cc(N2CCC(Oc3ccc(F)cc3F)CC2)c(N)cn1. The Balaban J connectivity index is 1.63. The third kappa shape index (κ3) is 3.52. The fourth-order valence-electron chi connectivity index (χ4n) is 2.79. The van der Waals surface area contributed by atoms with Gasteiger partial charge in [-0.25, -0.2) is 8.78 Å². The monoisotopic (exact) mass is 319 g/mol. The van der Waals surface area contributed by atoms with E-state index >= 15 is 0 Å². The summed E-state index contributed by atoms with van der Waals surface area (Å²) in [6, 6.07) is 5.34. The topological polar surface area (TPSA) is 51.4 Å². The fraction of sp³-hybridized carbons (Fsp3) is 0.353. The molecule has 122 valence electrons. The molecule has 1 aromatic heterocycles. The highest BCUT2D eigenvalue weighted by atomic mass is 19.1. The van der Waals surface area contributed by atoms with Crippen LogP contribution in [0, 0.1) is 18.6 Å². The number of piperidine rings is 1. The minimum Gasteiger partial charge on any atom is -0.487 e. The van der Waals surface area contributed by atoms with Gasteiger partial charge in [0.1, 0.15) is 11.9 Å². The van der Waals surface area contributed by atoms with Gasteiger partial charge in [-0.2, -0.15) is 0 Å². The van der Waals surface area contributed by atoms with Crippen LogP contribution in [0.3, 0.4) is 0 Å². The molecule has 1 aliphatic heterocycles. The molecule has 0 spiro atoms. The van der Waals surface area contributed by atoms with E-state index < -0.39 is 11.6 Å². The molecule has 2 aromatic rings. The molecule has 6 heteroatoms. The second-order valence-corrected chi connectivity index (χ2v) is 5.76. The maximum atomic E-state index is 13.6. The van der Waals surface area contributed by atoms with Crippen LogP contribution in [-0.2, 0) is 0 Å². The third-order valence-corrected chi connectivity index (χ3v) is 4.02. The van der Waals surface area contributed by atoms with Crippen LogP contribution in [0.2, 0.25) is 0 Å². The molecule has 1 aliphatic rings. The fourth-order valence-corrected chi connectivity index (χ4v) is 2.79. The van der Waals surface area contributed by atoms with Crippen molar-refractivity contribution in [3.63, 3.8) is 0 Å². The number of hydrogen-bond acceptors (Lipinski definition) is 4. The number of anilines is 2. The number of rotatable bonds is 3. The normalized spacial score (nSPS) is 15.7. The maximum Gasteiger partial charge on any atom is 0.167 e. The van der Waals surface area contributed by atoms with Gasteiger partial charge in [-0.05, 0) is 25.1 Å². The van der Waals surface area contributed by atoms with E-state index in [1.165, 1.54) is 12.1 Å². The Bertz CT molecular complexity index is 700. The highest BCUT2D eigenvalue weighted by Crippen LogP contribution is 2.28. The van der Waals surface area contributed by atoms with Crippen LogP contribution in [0.4, 0.5) is 20.2 Å². The lowest BCUT2D eigenvalue weighted by Crippen LogP contribution is -2.38. The van der Waals surface area contributed by atoms with Crippen LogP contribution >= 0.6 is 0 Å². The van der Waals surface area contributed by atoms with Crippen molar-refractivity contribution in [1.82, 2.24) is 4.98 Å². The first kappa shape index (κ1) is 15.5. The minimum atomic E-state index is -0.665. The molecule has 1 fully saturated rings. The third-order valence-electron chi connectivity index (χ3n) is 4.02. The summed E-state index contributed by atoms with van der Waals surface area (Å²) in [6.45, 7) is 3.46. The first-order chi connectivity index (χ1) is 11.0. The van der Waals surface area contributed by atoms with E-state index in [0.29, 0.717) is 5.69 Å². The van der Waals surface area contributed by atoms with E-state index in [4.69, 9.17) is 10.5 Å².